The molecule has 4 heterocycles. The molecule has 0 radical (unpaired) electrons. The van der Waals surface area contributed by atoms with Crippen LogP contribution in [0.1, 0.15) is 16.8 Å². The molecule has 4 aromatic rings. The Kier molecular flexibility index (Phi) is 8.28. The molecule has 0 unspecified atom stereocenters. The molecular formula is C33H37FN6O5. The van der Waals surface area contributed by atoms with Gasteiger partial charge in [0, 0.05) is 52.0 Å². The number of carbonyl (C=O) groups is 1. The third-order valence-corrected chi connectivity index (χ3v) is 8.79. The summed E-state index contributed by atoms with van der Waals surface area (Å²) < 4.78 is 35.1. The molecule has 0 aliphatic carbocycles. The number of carbonyl (C=O) groups excluding carboxylic acids is 1. The summed E-state index contributed by atoms with van der Waals surface area (Å²) in [7, 11) is 0. The Balaban J connectivity index is 1.27. The molecule has 11 nitrogen and oxygen atoms in total. The highest BCUT2D eigenvalue weighted by atomic mass is 19.1. The third kappa shape index (κ3) is 5.70. The molecule has 3 aliphatic heterocycles. The first-order valence-corrected chi connectivity index (χ1v) is 15.5. The van der Waals surface area contributed by atoms with Gasteiger partial charge in [0.25, 0.3) is 5.91 Å². The fraction of sp³-hybridized carbons (Fsp3) is 0.394. The van der Waals surface area contributed by atoms with Crippen LogP contribution in [0.2, 0.25) is 0 Å². The number of hydrogen-bond donors (Lipinski definition) is 3. The van der Waals surface area contributed by atoms with E-state index >= 15 is 4.39 Å². The molecule has 3 aromatic carbocycles. The van der Waals surface area contributed by atoms with Crippen LogP contribution in [-0.2, 0) is 9.47 Å². The lowest BCUT2D eigenvalue weighted by molar-refractivity contribution is 0.0378. The van der Waals surface area contributed by atoms with E-state index in [1.54, 1.807) is 4.57 Å². The van der Waals surface area contributed by atoms with Crippen molar-refractivity contribution in [2.45, 2.75) is 6.42 Å². The Bertz CT molecular complexity index is 1820. The maximum atomic E-state index is 16.1. The number of hydrogen-bond acceptors (Lipinski definition) is 9. The first-order valence-electron chi connectivity index (χ1n) is 15.5. The number of benzene rings is 3. The molecule has 1 amide bonds. The average molecular weight is 617 g/mol. The second kappa shape index (κ2) is 12.6. The van der Waals surface area contributed by atoms with Gasteiger partial charge in [0.15, 0.2) is 17.3 Å². The number of fused-ring (bicyclic) bond motifs is 3. The molecule has 3 aliphatic rings. The molecule has 0 spiro atoms. The zero-order valence-corrected chi connectivity index (χ0v) is 25.1. The van der Waals surface area contributed by atoms with Crippen LogP contribution in [0.4, 0.5) is 15.8 Å². The van der Waals surface area contributed by atoms with E-state index in [2.05, 4.69) is 20.4 Å². The van der Waals surface area contributed by atoms with Crippen molar-refractivity contribution in [2.24, 2.45) is 0 Å². The summed E-state index contributed by atoms with van der Waals surface area (Å²) in [5.41, 5.74) is 6.34. The van der Waals surface area contributed by atoms with Crippen LogP contribution in [0.5, 0.6) is 11.5 Å². The van der Waals surface area contributed by atoms with Gasteiger partial charge in [0.1, 0.15) is 16.8 Å². The number of nitrogens with two attached hydrogens (primary N) is 1. The zero-order chi connectivity index (χ0) is 30.9. The fourth-order valence-electron chi connectivity index (χ4n) is 6.33. The number of halogens is 1. The molecule has 7 rings (SSSR count). The Hall–Kier alpha value is -4.23. The highest BCUT2D eigenvalue weighted by molar-refractivity contribution is 6.06. The molecule has 45 heavy (non-hydrogen) atoms. The van der Waals surface area contributed by atoms with Crippen molar-refractivity contribution in [3.05, 3.63) is 64.2 Å². The van der Waals surface area contributed by atoms with Crippen LogP contribution in [0.15, 0.2) is 47.4 Å². The van der Waals surface area contributed by atoms with Gasteiger partial charge in [-0.3, -0.25) is 19.4 Å². The molecule has 2 fully saturated rings. The zero-order valence-electron chi connectivity index (χ0n) is 25.1. The van der Waals surface area contributed by atoms with Crippen molar-refractivity contribution in [3.8, 4) is 17.2 Å². The predicted molar refractivity (Wildman–Crippen MR) is 171 cm³/mol. The minimum Gasteiger partial charge on any atom is -0.451 e. The van der Waals surface area contributed by atoms with E-state index in [-0.39, 0.29) is 28.1 Å². The molecule has 0 saturated carbocycles. The van der Waals surface area contributed by atoms with Crippen LogP contribution < -0.4 is 26.5 Å². The lowest BCUT2D eigenvalue weighted by atomic mass is 10.0. The number of pyridine rings is 1. The largest absolute Gasteiger partial charge is 0.451 e. The molecule has 12 heteroatoms. The third-order valence-electron chi connectivity index (χ3n) is 8.79. The van der Waals surface area contributed by atoms with E-state index in [1.807, 2.05) is 36.4 Å². The second-order valence-corrected chi connectivity index (χ2v) is 11.6. The molecule has 236 valence electrons. The monoisotopic (exact) mass is 616 g/mol. The van der Waals surface area contributed by atoms with E-state index < -0.39 is 17.2 Å². The van der Waals surface area contributed by atoms with E-state index in [9.17, 15) is 9.59 Å². The molecule has 0 atom stereocenters. The normalized spacial score (nSPS) is 16.8. The van der Waals surface area contributed by atoms with Gasteiger partial charge < -0.3 is 35.1 Å². The minimum atomic E-state index is -0.776. The highest BCUT2D eigenvalue weighted by Crippen LogP contribution is 2.48. The first-order chi connectivity index (χ1) is 22.0. The maximum absolute atomic E-state index is 16.1. The number of nitrogens with zero attached hydrogens (tertiary/aromatic N) is 3. The summed E-state index contributed by atoms with van der Waals surface area (Å²) in [5, 5.41) is 7.88. The van der Waals surface area contributed by atoms with Crippen LogP contribution in [0.25, 0.3) is 27.4 Å². The van der Waals surface area contributed by atoms with Gasteiger partial charge in [-0.1, -0.05) is 24.3 Å². The van der Waals surface area contributed by atoms with Gasteiger partial charge in [-0.15, -0.1) is 0 Å². The lowest BCUT2D eigenvalue weighted by Gasteiger charge is -2.28. The Morgan fingerprint density at radius 1 is 0.933 bits per heavy atom. The molecule has 0 bridgehead atoms. The number of nitrogens with one attached hydrogen (secondary N) is 2. The van der Waals surface area contributed by atoms with E-state index in [1.165, 1.54) is 6.20 Å². The van der Waals surface area contributed by atoms with Crippen LogP contribution in [0.3, 0.4) is 0 Å². The van der Waals surface area contributed by atoms with Crippen molar-refractivity contribution in [1.29, 1.82) is 0 Å². The topological polar surface area (TPSA) is 123 Å². The van der Waals surface area contributed by atoms with Crippen molar-refractivity contribution in [3.63, 3.8) is 0 Å². The predicted octanol–water partition coefficient (Wildman–Crippen LogP) is 3.17. The van der Waals surface area contributed by atoms with Gasteiger partial charge in [0.2, 0.25) is 5.43 Å². The summed E-state index contributed by atoms with van der Waals surface area (Å²) in [6.45, 7) is 8.30. The average Bonchev–Trinajstić information content (AvgIpc) is 3.07. The number of amides is 1. The second-order valence-electron chi connectivity index (χ2n) is 11.6. The number of nitrogen functional groups attached to an aromatic ring is 1. The van der Waals surface area contributed by atoms with Crippen molar-refractivity contribution < 1.29 is 23.4 Å². The number of aromatic nitrogens is 1. The number of anilines is 2. The summed E-state index contributed by atoms with van der Waals surface area (Å²) in [4.78, 5) is 31.8. The lowest BCUT2D eigenvalue weighted by Crippen LogP contribution is -2.42. The summed E-state index contributed by atoms with van der Waals surface area (Å²) >= 11 is 0. The van der Waals surface area contributed by atoms with Gasteiger partial charge in [-0.2, -0.15) is 0 Å². The Morgan fingerprint density at radius 3 is 2.31 bits per heavy atom. The number of ether oxygens (including phenoxy) is 3. The van der Waals surface area contributed by atoms with Crippen molar-refractivity contribution in [2.75, 3.05) is 89.8 Å². The summed E-state index contributed by atoms with van der Waals surface area (Å²) in [6, 6.07) is 11.6. The van der Waals surface area contributed by atoms with E-state index in [4.69, 9.17) is 19.9 Å². The Morgan fingerprint density at radius 2 is 1.60 bits per heavy atom. The number of rotatable bonds is 9. The van der Waals surface area contributed by atoms with Crippen molar-refractivity contribution in [1.82, 2.24) is 19.7 Å². The van der Waals surface area contributed by atoms with E-state index in [0.717, 1.165) is 49.9 Å². The maximum Gasteiger partial charge on any atom is 0.256 e. The van der Waals surface area contributed by atoms with Gasteiger partial charge >= 0.3 is 0 Å². The molecular weight excluding hydrogens is 579 g/mol. The molecule has 2 saturated heterocycles. The smallest absolute Gasteiger partial charge is 0.256 e. The first kappa shape index (κ1) is 29.5. The number of morpholine rings is 2. The van der Waals surface area contributed by atoms with Crippen molar-refractivity contribution >= 4 is 39.0 Å². The molecule has 4 N–H and O–H groups in total. The Labute approximate surface area is 259 Å². The highest BCUT2D eigenvalue weighted by Gasteiger charge is 2.31. The van der Waals surface area contributed by atoms with Gasteiger partial charge in [-0.05, 0) is 35.9 Å². The fourth-order valence-corrected chi connectivity index (χ4v) is 6.33. The summed E-state index contributed by atoms with van der Waals surface area (Å²) in [5.74, 6) is -0.673. The van der Waals surface area contributed by atoms with E-state index in [0.29, 0.717) is 63.0 Å². The van der Waals surface area contributed by atoms with Crippen LogP contribution in [0, 0.1) is 5.82 Å². The van der Waals surface area contributed by atoms with Gasteiger partial charge in [0.05, 0.1) is 43.2 Å². The van der Waals surface area contributed by atoms with Crippen LogP contribution >= 0.6 is 0 Å². The van der Waals surface area contributed by atoms with Gasteiger partial charge in [-0.25, -0.2) is 4.39 Å². The quantitative estimate of drug-likeness (QED) is 0.169. The SMILES string of the molecule is Nc1c(F)c(NCCCN2CCOCC2)c2c3c1c(=O)c(C(=O)NCCN1CCOCC1)cn3-c1cc3ccccc3cc1O2. The van der Waals surface area contributed by atoms with Crippen LogP contribution in [-0.4, -0.2) is 99.1 Å². The minimum absolute atomic E-state index is 0.0824. The molecule has 1 aromatic heterocycles. The summed E-state index contributed by atoms with van der Waals surface area (Å²) in [6.07, 6.45) is 2.28. The standard InChI is InChI=1S/C33H37FN6O5/c34-27-28(35)26-30-32(29(27)36-6-3-8-38-10-14-43-15-11-38)45-25-19-22-5-2-1-4-21(22)18-24(25)40(30)20-23(31(26)41)33(42)37-7-9-39-12-16-44-17-13-39/h1-2,4-5,18-20,36H,3,6-17,35H2,(H,37,42).